The first kappa shape index (κ1) is 16.7. The van der Waals surface area contributed by atoms with E-state index in [2.05, 4.69) is 15.3 Å². The van der Waals surface area contributed by atoms with E-state index in [4.69, 9.17) is 9.15 Å². The number of amides is 1. The van der Waals surface area contributed by atoms with Crippen LogP contribution in [0.2, 0.25) is 0 Å². The van der Waals surface area contributed by atoms with Gasteiger partial charge in [0.15, 0.2) is 0 Å². The van der Waals surface area contributed by atoms with Gasteiger partial charge in [-0.3, -0.25) is 4.79 Å². The van der Waals surface area contributed by atoms with E-state index in [0.717, 1.165) is 11.1 Å². The molecule has 0 bridgehead atoms. The number of nitrogens with zero attached hydrogens (tertiary/aromatic N) is 2. The van der Waals surface area contributed by atoms with Crippen molar-refractivity contribution in [3.05, 3.63) is 65.7 Å². The number of rotatable bonds is 6. The molecule has 3 rings (SSSR count). The van der Waals surface area contributed by atoms with Crippen LogP contribution in [0.4, 0.5) is 0 Å². The highest BCUT2D eigenvalue weighted by atomic mass is 16.5. The summed E-state index contributed by atoms with van der Waals surface area (Å²) in [5, 5.41) is 2.87. The summed E-state index contributed by atoms with van der Waals surface area (Å²) in [6, 6.07) is 13.2. The van der Waals surface area contributed by atoms with E-state index in [1.165, 1.54) is 0 Å². The van der Waals surface area contributed by atoms with E-state index in [1.807, 2.05) is 43.3 Å². The van der Waals surface area contributed by atoms with Crippen LogP contribution in [-0.2, 0) is 17.8 Å². The number of ether oxygens (including phenoxy) is 1. The quantitative estimate of drug-likeness (QED) is 0.748. The Bertz CT molecular complexity index is 859. The largest absolute Gasteiger partial charge is 0.481 e. The molecular formula is C19H19N3O3. The molecule has 0 unspecified atom stereocenters. The van der Waals surface area contributed by atoms with Gasteiger partial charge in [-0.25, -0.2) is 9.97 Å². The van der Waals surface area contributed by atoms with Crippen LogP contribution in [0.3, 0.4) is 0 Å². The topological polar surface area (TPSA) is 77.2 Å². The monoisotopic (exact) mass is 337 g/mol. The number of aryl methyl sites for hydroxylation is 1. The summed E-state index contributed by atoms with van der Waals surface area (Å²) in [6.45, 7) is 2.22. The molecule has 0 saturated heterocycles. The standard InChI is InChI=1S/C19H19N3O3/c1-13-16(22-19(25-13)15-6-4-3-5-7-15)11-17(23)21-12-14-8-9-20-18(10-14)24-2/h3-10H,11-12H2,1-2H3,(H,21,23). The minimum absolute atomic E-state index is 0.119. The van der Waals surface area contributed by atoms with Crippen LogP contribution in [0, 0.1) is 6.92 Å². The molecule has 1 amide bonds. The fraction of sp³-hybridized carbons (Fsp3) is 0.211. The van der Waals surface area contributed by atoms with Crippen molar-refractivity contribution >= 4 is 5.91 Å². The Morgan fingerprint density at radius 3 is 2.80 bits per heavy atom. The number of carbonyl (C=O) groups is 1. The van der Waals surface area contributed by atoms with Gasteiger partial charge in [-0.1, -0.05) is 18.2 Å². The molecule has 0 fully saturated rings. The van der Waals surface area contributed by atoms with Crippen molar-refractivity contribution in [2.45, 2.75) is 19.9 Å². The second-order valence-electron chi connectivity index (χ2n) is 5.55. The molecular weight excluding hydrogens is 318 g/mol. The third kappa shape index (κ3) is 4.23. The number of oxazole rings is 1. The average molecular weight is 337 g/mol. The van der Waals surface area contributed by atoms with Gasteiger partial charge < -0.3 is 14.5 Å². The summed E-state index contributed by atoms with van der Waals surface area (Å²) >= 11 is 0. The van der Waals surface area contributed by atoms with Crippen molar-refractivity contribution in [3.63, 3.8) is 0 Å². The first-order valence-corrected chi connectivity index (χ1v) is 7.93. The van der Waals surface area contributed by atoms with E-state index in [9.17, 15) is 4.79 Å². The van der Waals surface area contributed by atoms with Crippen LogP contribution in [0.25, 0.3) is 11.5 Å². The number of aromatic nitrogens is 2. The minimum Gasteiger partial charge on any atom is -0.481 e. The smallest absolute Gasteiger partial charge is 0.226 e. The van der Waals surface area contributed by atoms with Gasteiger partial charge >= 0.3 is 0 Å². The lowest BCUT2D eigenvalue weighted by Gasteiger charge is -2.05. The SMILES string of the molecule is COc1cc(CNC(=O)Cc2nc(-c3ccccc3)oc2C)ccn1. The Kier molecular flexibility index (Phi) is 5.09. The van der Waals surface area contributed by atoms with E-state index in [0.29, 0.717) is 29.8 Å². The molecule has 0 aliphatic rings. The number of carbonyl (C=O) groups excluding carboxylic acids is 1. The molecule has 2 heterocycles. The van der Waals surface area contributed by atoms with Gasteiger partial charge in [-0.15, -0.1) is 0 Å². The van der Waals surface area contributed by atoms with Crippen LogP contribution in [-0.4, -0.2) is 23.0 Å². The maximum Gasteiger partial charge on any atom is 0.226 e. The zero-order chi connectivity index (χ0) is 17.6. The van der Waals surface area contributed by atoms with Gasteiger partial charge in [0.25, 0.3) is 0 Å². The molecule has 128 valence electrons. The van der Waals surface area contributed by atoms with Crippen molar-refractivity contribution in [2.75, 3.05) is 7.11 Å². The first-order chi connectivity index (χ1) is 12.2. The lowest BCUT2D eigenvalue weighted by Crippen LogP contribution is -2.25. The second-order valence-corrected chi connectivity index (χ2v) is 5.55. The molecule has 0 atom stereocenters. The third-order valence-corrected chi connectivity index (χ3v) is 3.74. The van der Waals surface area contributed by atoms with Gasteiger partial charge in [0.2, 0.25) is 17.7 Å². The number of methoxy groups -OCH3 is 1. The Hall–Kier alpha value is -3.15. The third-order valence-electron chi connectivity index (χ3n) is 3.74. The molecule has 1 N–H and O–H groups in total. The van der Waals surface area contributed by atoms with E-state index >= 15 is 0 Å². The highest BCUT2D eigenvalue weighted by Gasteiger charge is 2.14. The highest BCUT2D eigenvalue weighted by Crippen LogP contribution is 2.21. The summed E-state index contributed by atoms with van der Waals surface area (Å²) < 4.78 is 10.8. The molecule has 6 nitrogen and oxygen atoms in total. The maximum absolute atomic E-state index is 12.2. The van der Waals surface area contributed by atoms with Gasteiger partial charge in [0, 0.05) is 24.4 Å². The molecule has 0 saturated carbocycles. The first-order valence-electron chi connectivity index (χ1n) is 7.93. The summed E-state index contributed by atoms with van der Waals surface area (Å²) in [7, 11) is 1.56. The molecule has 0 aliphatic heterocycles. The van der Waals surface area contributed by atoms with Crippen molar-refractivity contribution in [1.29, 1.82) is 0 Å². The van der Waals surface area contributed by atoms with Crippen LogP contribution in [0.1, 0.15) is 17.0 Å². The molecule has 1 aromatic carbocycles. The Balaban J connectivity index is 1.62. The molecule has 2 aromatic heterocycles. The van der Waals surface area contributed by atoms with Crippen molar-refractivity contribution < 1.29 is 13.9 Å². The number of hydrogen-bond donors (Lipinski definition) is 1. The van der Waals surface area contributed by atoms with Crippen LogP contribution < -0.4 is 10.1 Å². The van der Waals surface area contributed by atoms with Gasteiger partial charge in [0.1, 0.15) is 5.76 Å². The second kappa shape index (κ2) is 7.61. The fourth-order valence-corrected chi connectivity index (χ4v) is 2.38. The van der Waals surface area contributed by atoms with E-state index in [-0.39, 0.29) is 12.3 Å². The Morgan fingerprint density at radius 1 is 1.24 bits per heavy atom. The van der Waals surface area contributed by atoms with Crippen molar-refractivity contribution in [1.82, 2.24) is 15.3 Å². The Labute approximate surface area is 145 Å². The summed E-state index contributed by atoms with van der Waals surface area (Å²) in [5.74, 6) is 1.58. The number of nitrogens with one attached hydrogen (secondary N) is 1. The number of hydrogen-bond acceptors (Lipinski definition) is 5. The lowest BCUT2D eigenvalue weighted by atomic mass is 10.2. The molecule has 3 aromatic rings. The van der Waals surface area contributed by atoms with Crippen LogP contribution >= 0.6 is 0 Å². The summed E-state index contributed by atoms with van der Waals surface area (Å²) in [5.41, 5.74) is 2.45. The summed E-state index contributed by atoms with van der Waals surface area (Å²) in [6.07, 6.45) is 1.82. The van der Waals surface area contributed by atoms with Crippen molar-refractivity contribution in [3.8, 4) is 17.3 Å². The van der Waals surface area contributed by atoms with Gasteiger partial charge in [-0.2, -0.15) is 0 Å². The van der Waals surface area contributed by atoms with Gasteiger partial charge in [-0.05, 0) is 30.7 Å². The normalized spacial score (nSPS) is 10.5. The lowest BCUT2D eigenvalue weighted by molar-refractivity contribution is -0.120. The zero-order valence-corrected chi connectivity index (χ0v) is 14.2. The van der Waals surface area contributed by atoms with E-state index in [1.54, 1.807) is 19.4 Å². The number of benzene rings is 1. The molecule has 25 heavy (non-hydrogen) atoms. The average Bonchev–Trinajstić information content (AvgIpc) is 3.01. The predicted octanol–water partition coefficient (Wildman–Crippen LogP) is 2.91. The fourth-order valence-electron chi connectivity index (χ4n) is 2.38. The number of pyridine rings is 1. The summed E-state index contributed by atoms with van der Waals surface area (Å²) in [4.78, 5) is 20.7. The predicted molar refractivity (Wildman–Crippen MR) is 93.0 cm³/mol. The molecule has 6 heteroatoms. The maximum atomic E-state index is 12.2. The zero-order valence-electron chi connectivity index (χ0n) is 14.2. The van der Waals surface area contributed by atoms with E-state index < -0.39 is 0 Å². The minimum atomic E-state index is -0.119. The van der Waals surface area contributed by atoms with Crippen LogP contribution in [0.15, 0.2) is 53.1 Å². The van der Waals surface area contributed by atoms with Gasteiger partial charge in [0.05, 0.1) is 19.2 Å². The van der Waals surface area contributed by atoms with Crippen molar-refractivity contribution in [2.24, 2.45) is 0 Å². The molecule has 0 aliphatic carbocycles. The Morgan fingerprint density at radius 2 is 2.04 bits per heavy atom. The van der Waals surface area contributed by atoms with Crippen LogP contribution in [0.5, 0.6) is 5.88 Å². The molecule has 0 spiro atoms. The molecule has 0 radical (unpaired) electrons. The highest BCUT2D eigenvalue weighted by molar-refractivity contribution is 5.78.